The van der Waals surface area contributed by atoms with Gasteiger partial charge >= 0.3 is 0 Å². The average molecular weight is 519 g/mol. The summed E-state index contributed by atoms with van der Waals surface area (Å²) in [5.74, 6) is 0. The lowest BCUT2D eigenvalue weighted by molar-refractivity contribution is 0.549. The summed E-state index contributed by atoms with van der Waals surface area (Å²) in [5.41, 5.74) is 16.8. The Morgan fingerprint density at radius 2 is 0.718 bits per heavy atom. The van der Waals surface area contributed by atoms with Gasteiger partial charge in [0.1, 0.15) is 0 Å². The molecule has 0 aromatic heterocycles. The Morgan fingerprint density at radius 3 is 0.974 bits per heavy atom. The van der Waals surface area contributed by atoms with Crippen molar-refractivity contribution in [2.24, 2.45) is 0 Å². The third-order valence-corrected chi connectivity index (χ3v) is 9.38. The molecule has 0 radical (unpaired) electrons. The van der Waals surface area contributed by atoms with Crippen LogP contribution >= 0.6 is 0 Å². The van der Waals surface area contributed by atoms with Crippen LogP contribution in [0, 0.1) is 55.4 Å². The normalized spacial score (nSPS) is 11.7. The molecule has 0 aliphatic carbocycles. The minimum Gasteiger partial charge on any atom is -0.0642 e. The Balaban J connectivity index is 0.000000218. The van der Waals surface area contributed by atoms with Gasteiger partial charge in [0.15, 0.2) is 0 Å². The van der Waals surface area contributed by atoms with Gasteiger partial charge in [-0.25, -0.2) is 0 Å². The molecule has 0 unspecified atom stereocenters. The fraction of sp³-hybridized carbons (Fsp3) is 0.385. The van der Waals surface area contributed by atoms with E-state index in [1.807, 2.05) is 0 Å². The van der Waals surface area contributed by atoms with E-state index in [9.17, 15) is 0 Å². The van der Waals surface area contributed by atoms with E-state index in [1.54, 1.807) is 0 Å². The molecule has 0 saturated heterocycles. The van der Waals surface area contributed by atoms with E-state index in [0.29, 0.717) is 0 Å². The molecular formula is C39H50. The fourth-order valence-corrected chi connectivity index (χ4v) is 5.38. The number of hydrogen-bond acceptors (Lipinski definition) is 0. The van der Waals surface area contributed by atoms with Crippen LogP contribution in [0.1, 0.15) is 101 Å². The van der Waals surface area contributed by atoms with Gasteiger partial charge in [-0.15, -0.1) is 0 Å². The zero-order chi connectivity index (χ0) is 29.1. The van der Waals surface area contributed by atoms with Gasteiger partial charge in [0.25, 0.3) is 0 Å². The van der Waals surface area contributed by atoms with E-state index >= 15 is 0 Å². The summed E-state index contributed by atoms with van der Waals surface area (Å²) in [7, 11) is 0. The van der Waals surface area contributed by atoms with E-state index in [1.165, 1.54) is 66.8 Å². The van der Waals surface area contributed by atoms with Crippen molar-refractivity contribution in [3.8, 4) is 0 Å². The number of aryl methyl sites for hydroxylation is 6. The average Bonchev–Trinajstić information content (AvgIpc) is 2.90. The minimum absolute atomic E-state index is 0.0342. The zero-order valence-corrected chi connectivity index (χ0v) is 26.6. The lowest BCUT2D eigenvalue weighted by Gasteiger charge is -2.30. The third kappa shape index (κ3) is 6.55. The van der Waals surface area contributed by atoms with Crippen molar-refractivity contribution in [1.82, 2.24) is 0 Å². The smallest absolute Gasteiger partial charge is 0.0172 e. The highest BCUT2D eigenvalue weighted by Gasteiger charge is 2.27. The number of benzene rings is 4. The highest BCUT2D eigenvalue weighted by molar-refractivity contribution is 5.48. The van der Waals surface area contributed by atoms with Crippen molar-refractivity contribution in [3.63, 3.8) is 0 Å². The largest absolute Gasteiger partial charge is 0.0642 e. The Labute approximate surface area is 239 Å². The molecule has 4 rings (SSSR count). The summed E-state index contributed by atoms with van der Waals surface area (Å²) in [6.07, 6.45) is 1.11. The molecule has 0 fully saturated rings. The molecule has 0 heterocycles. The van der Waals surface area contributed by atoms with Crippen molar-refractivity contribution in [2.75, 3.05) is 0 Å². The molecule has 0 heteroatoms. The lowest BCUT2D eigenvalue weighted by Crippen LogP contribution is -2.22. The van der Waals surface area contributed by atoms with Gasteiger partial charge in [0, 0.05) is 10.8 Å². The summed E-state index contributed by atoms with van der Waals surface area (Å²) in [5, 5.41) is 0. The van der Waals surface area contributed by atoms with Crippen LogP contribution < -0.4 is 0 Å². The van der Waals surface area contributed by atoms with Gasteiger partial charge in [-0.05, 0) is 117 Å². The van der Waals surface area contributed by atoms with Gasteiger partial charge in [0.2, 0.25) is 0 Å². The van der Waals surface area contributed by atoms with Crippen LogP contribution in [0.2, 0.25) is 0 Å². The minimum atomic E-state index is 0.0342. The Morgan fingerprint density at radius 1 is 0.436 bits per heavy atom. The molecule has 0 atom stereocenters. The maximum atomic E-state index is 2.35. The second-order valence-electron chi connectivity index (χ2n) is 12.5. The van der Waals surface area contributed by atoms with Gasteiger partial charge in [-0.1, -0.05) is 112 Å². The predicted octanol–water partition coefficient (Wildman–Crippen LogP) is 10.9. The molecule has 0 bridgehead atoms. The first-order chi connectivity index (χ1) is 18.2. The molecule has 4 aromatic rings. The number of hydrogen-bond donors (Lipinski definition) is 0. The van der Waals surface area contributed by atoms with E-state index in [2.05, 4.69) is 156 Å². The molecule has 4 aromatic carbocycles. The van der Waals surface area contributed by atoms with Crippen molar-refractivity contribution in [2.45, 2.75) is 100 Å². The van der Waals surface area contributed by atoms with Crippen molar-refractivity contribution in [1.29, 1.82) is 0 Å². The van der Waals surface area contributed by atoms with Gasteiger partial charge in [-0.2, -0.15) is 0 Å². The van der Waals surface area contributed by atoms with Crippen LogP contribution in [-0.4, -0.2) is 0 Å². The molecular weight excluding hydrogens is 468 g/mol. The third-order valence-electron chi connectivity index (χ3n) is 9.38. The molecule has 0 N–H and O–H groups in total. The van der Waals surface area contributed by atoms with Crippen LogP contribution in [-0.2, 0) is 10.8 Å². The summed E-state index contributed by atoms with van der Waals surface area (Å²) in [4.78, 5) is 0. The summed E-state index contributed by atoms with van der Waals surface area (Å²) < 4.78 is 0. The Hall–Kier alpha value is -3.12. The molecule has 0 amide bonds. The highest BCUT2D eigenvalue weighted by Crippen LogP contribution is 2.36. The van der Waals surface area contributed by atoms with Gasteiger partial charge < -0.3 is 0 Å². The molecule has 0 aliphatic rings. The quantitative estimate of drug-likeness (QED) is 0.246. The van der Waals surface area contributed by atoms with Crippen LogP contribution in [0.4, 0.5) is 0 Å². The highest BCUT2D eigenvalue weighted by atomic mass is 14.3. The first-order valence-electron chi connectivity index (χ1n) is 14.5. The fourth-order valence-electron chi connectivity index (χ4n) is 5.38. The molecule has 0 nitrogen and oxygen atoms in total. The van der Waals surface area contributed by atoms with Crippen LogP contribution in [0.3, 0.4) is 0 Å². The number of rotatable bonds is 5. The van der Waals surface area contributed by atoms with Crippen molar-refractivity contribution >= 4 is 0 Å². The van der Waals surface area contributed by atoms with Crippen LogP contribution in [0.5, 0.6) is 0 Å². The maximum absolute atomic E-state index is 2.35. The first kappa shape index (κ1) is 30.4. The van der Waals surface area contributed by atoms with Crippen LogP contribution in [0.15, 0.2) is 72.8 Å². The maximum Gasteiger partial charge on any atom is 0.0172 e. The van der Waals surface area contributed by atoms with E-state index in [4.69, 9.17) is 0 Å². The Kier molecular flexibility index (Phi) is 9.32. The summed E-state index contributed by atoms with van der Waals surface area (Å²) >= 11 is 0. The predicted molar refractivity (Wildman–Crippen MR) is 173 cm³/mol. The van der Waals surface area contributed by atoms with Crippen molar-refractivity contribution in [3.05, 3.63) is 140 Å². The van der Waals surface area contributed by atoms with Crippen LogP contribution in [0.25, 0.3) is 0 Å². The molecule has 39 heavy (non-hydrogen) atoms. The molecule has 206 valence electrons. The topological polar surface area (TPSA) is 0 Å². The monoisotopic (exact) mass is 518 g/mol. The van der Waals surface area contributed by atoms with E-state index in [-0.39, 0.29) is 10.8 Å². The van der Waals surface area contributed by atoms with Gasteiger partial charge in [0.05, 0.1) is 0 Å². The zero-order valence-electron chi connectivity index (χ0n) is 26.6. The van der Waals surface area contributed by atoms with E-state index in [0.717, 1.165) is 6.42 Å². The first-order valence-corrected chi connectivity index (χ1v) is 14.5. The summed E-state index contributed by atoms with van der Waals surface area (Å²) in [6.45, 7) is 26.8. The Bertz CT molecular complexity index is 1260. The SMILES string of the molecule is CCC(C)(c1ccc(C)cc1)c1ccc(C)cc1.Cc1cc(C(C)(C)c2cc(C)c(C)c(C)c2)cc(C)c1C. The van der Waals surface area contributed by atoms with E-state index < -0.39 is 0 Å². The van der Waals surface area contributed by atoms with Crippen molar-refractivity contribution < 1.29 is 0 Å². The summed E-state index contributed by atoms with van der Waals surface area (Å²) in [6, 6.07) is 27.3. The van der Waals surface area contributed by atoms with Gasteiger partial charge in [-0.3, -0.25) is 0 Å². The molecule has 0 saturated carbocycles. The second kappa shape index (κ2) is 12.0. The molecule has 0 spiro atoms. The lowest BCUT2D eigenvalue weighted by atomic mass is 9.74. The standard InChI is InChI=1S/C21H28.C18H22/c1-13-9-19(10-14(2)17(13)5)21(7,8)20-11-15(3)18(6)16(4)12-20;1-5-18(4,16-10-6-14(2)7-11-16)17-12-8-15(3)9-13-17/h9-12H,1-8H3;6-13H,5H2,1-4H3. The molecule has 0 aliphatic heterocycles. The second-order valence-corrected chi connectivity index (χ2v) is 12.5.